The summed E-state index contributed by atoms with van der Waals surface area (Å²) < 4.78 is 0. The van der Waals surface area contributed by atoms with Crippen molar-refractivity contribution in [3.63, 3.8) is 0 Å². The van der Waals surface area contributed by atoms with Crippen LogP contribution in [-0.4, -0.2) is 0 Å². The molecule has 0 spiro atoms. The highest BCUT2D eigenvalue weighted by Crippen LogP contribution is 2.42. The number of rotatable bonds is 10. The molecule has 0 heterocycles. The number of unbranched alkanes of at least 4 members (excludes halogenated alkanes) is 2. The first-order valence-corrected chi connectivity index (χ1v) is 13.2. The summed E-state index contributed by atoms with van der Waals surface area (Å²) in [5.41, 5.74) is 3.05. The lowest BCUT2D eigenvalue weighted by atomic mass is 9.70. The van der Waals surface area contributed by atoms with E-state index < -0.39 is 0 Å². The Hall–Kier alpha value is -1.29. The average molecular weight is 408 g/mol. The van der Waals surface area contributed by atoms with Gasteiger partial charge in [0, 0.05) is 5.92 Å². The summed E-state index contributed by atoms with van der Waals surface area (Å²) in [7, 11) is 0. The van der Waals surface area contributed by atoms with E-state index in [-0.39, 0.29) is 0 Å². The minimum atomic E-state index is 0.316. The highest BCUT2D eigenvalue weighted by atomic mass is 14.4. The molecule has 1 unspecified atom stereocenters. The van der Waals surface area contributed by atoms with Crippen LogP contribution in [0.15, 0.2) is 24.3 Å². The van der Waals surface area contributed by atoms with Gasteiger partial charge in [0.05, 0.1) is 6.07 Å². The Morgan fingerprint density at radius 2 is 1.47 bits per heavy atom. The van der Waals surface area contributed by atoms with Crippen LogP contribution in [0.2, 0.25) is 0 Å². The molecule has 0 radical (unpaired) electrons. The fourth-order valence-corrected chi connectivity index (χ4v) is 6.15. The Labute approximate surface area is 186 Å². The monoisotopic (exact) mass is 407 g/mol. The van der Waals surface area contributed by atoms with E-state index in [9.17, 15) is 5.26 Å². The highest BCUT2D eigenvalue weighted by Gasteiger charge is 2.31. The van der Waals surface area contributed by atoms with Gasteiger partial charge in [0.1, 0.15) is 0 Å². The fraction of sp³-hybridized carbons (Fsp3) is 0.759. The molecular weight excluding hydrogens is 362 g/mol. The van der Waals surface area contributed by atoms with Crippen LogP contribution < -0.4 is 0 Å². The highest BCUT2D eigenvalue weighted by molar-refractivity contribution is 5.26. The van der Waals surface area contributed by atoms with Gasteiger partial charge >= 0.3 is 0 Å². The number of benzene rings is 1. The molecule has 166 valence electrons. The van der Waals surface area contributed by atoms with Crippen molar-refractivity contribution < 1.29 is 0 Å². The van der Waals surface area contributed by atoms with Gasteiger partial charge < -0.3 is 0 Å². The molecule has 2 aliphatic carbocycles. The maximum absolute atomic E-state index is 9.88. The second kappa shape index (κ2) is 12.5. The molecule has 0 aromatic heterocycles. The van der Waals surface area contributed by atoms with E-state index in [0.717, 1.165) is 17.8 Å². The molecule has 30 heavy (non-hydrogen) atoms. The smallest absolute Gasteiger partial charge is 0.0658 e. The molecule has 2 fully saturated rings. The van der Waals surface area contributed by atoms with Crippen molar-refractivity contribution in [2.24, 2.45) is 23.7 Å². The zero-order valence-corrected chi connectivity index (χ0v) is 19.7. The van der Waals surface area contributed by atoms with Crippen LogP contribution in [0, 0.1) is 35.0 Å². The van der Waals surface area contributed by atoms with Crippen molar-refractivity contribution in [2.75, 3.05) is 0 Å². The Balaban J connectivity index is 1.42. The molecule has 0 saturated heterocycles. The summed E-state index contributed by atoms with van der Waals surface area (Å²) >= 11 is 0. The molecule has 2 aliphatic rings. The SMILES string of the molecule is CCCCc1ccc(C2CCC(CC(C#N)C3CCC(CCCC)CC3)CC2)cc1. The van der Waals surface area contributed by atoms with Crippen molar-refractivity contribution in [2.45, 2.75) is 116 Å². The van der Waals surface area contributed by atoms with E-state index >= 15 is 0 Å². The Morgan fingerprint density at radius 3 is 2.07 bits per heavy atom. The molecule has 1 aromatic rings. The molecule has 0 N–H and O–H groups in total. The summed E-state index contributed by atoms with van der Waals surface area (Å²) in [5.74, 6) is 3.48. The van der Waals surface area contributed by atoms with Gasteiger partial charge in [0.15, 0.2) is 0 Å². The first-order chi connectivity index (χ1) is 14.7. The van der Waals surface area contributed by atoms with Crippen LogP contribution in [-0.2, 0) is 6.42 Å². The number of hydrogen-bond acceptors (Lipinski definition) is 1. The molecule has 1 aromatic carbocycles. The summed E-state index contributed by atoms with van der Waals surface area (Å²) in [4.78, 5) is 0. The van der Waals surface area contributed by atoms with E-state index in [1.54, 1.807) is 5.56 Å². The van der Waals surface area contributed by atoms with Crippen molar-refractivity contribution in [3.8, 4) is 6.07 Å². The van der Waals surface area contributed by atoms with Gasteiger partial charge in [-0.25, -0.2) is 0 Å². The normalized spacial score (nSPS) is 28.0. The summed E-state index contributed by atoms with van der Waals surface area (Å²) in [6, 6.07) is 12.3. The van der Waals surface area contributed by atoms with Crippen LogP contribution in [0.1, 0.15) is 121 Å². The fourth-order valence-electron chi connectivity index (χ4n) is 6.15. The third-order valence-corrected chi connectivity index (χ3v) is 8.30. The zero-order chi connectivity index (χ0) is 21.2. The van der Waals surface area contributed by atoms with Crippen LogP contribution in [0.3, 0.4) is 0 Å². The molecule has 2 saturated carbocycles. The predicted molar refractivity (Wildman–Crippen MR) is 128 cm³/mol. The van der Waals surface area contributed by atoms with Crippen molar-refractivity contribution in [3.05, 3.63) is 35.4 Å². The summed E-state index contributed by atoms with van der Waals surface area (Å²) in [6.07, 6.45) is 19.8. The third kappa shape index (κ3) is 6.87. The Morgan fingerprint density at radius 1 is 0.833 bits per heavy atom. The second-order valence-corrected chi connectivity index (χ2v) is 10.5. The first kappa shape index (κ1) is 23.4. The van der Waals surface area contributed by atoms with Gasteiger partial charge in [-0.2, -0.15) is 5.26 Å². The average Bonchev–Trinajstić information content (AvgIpc) is 2.81. The molecule has 0 bridgehead atoms. The lowest BCUT2D eigenvalue weighted by Gasteiger charge is -2.34. The minimum absolute atomic E-state index is 0.316. The maximum atomic E-state index is 9.88. The van der Waals surface area contributed by atoms with Crippen molar-refractivity contribution in [1.82, 2.24) is 0 Å². The number of nitrogens with zero attached hydrogens (tertiary/aromatic N) is 1. The standard InChI is InChI=1S/C29H45N/c1-3-5-7-23-9-15-26(16-10-23)27-19-13-25(14-20-27)21-29(22-30)28-17-11-24(12-18-28)8-6-4-2/h9-10,15-16,24-25,27-29H,3-8,11-14,17-21H2,1-2H3. The van der Waals surface area contributed by atoms with Gasteiger partial charge in [-0.15, -0.1) is 0 Å². The molecular formula is C29H45N. The molecule has 1 heteroatoms. The van der Waals surface area contributed by atoms with Crippen LogP contribution in [0.4, 0.5) is 0 Å². The summed E-state index contributed by atoms with van der Waals surface area (Å²) in [6.45, 7) is 4.57. The zero-order valence-electron chi connectivity index (χ0n) is 19.7. The van der Waals surface area contributed by atoms with Crippen molar-refractivity contribution in [1.29, 1.82) is 5.26 Å². The first-order valence-electron chi connectivity index (χ1n) is 13.2. The van der Waals surface area contributed by atoms with Gasteiger partial charge in [-0.1, -0.05) is 76.6 Å². The topological polar surface area (TPSA) is 23.8 Å². The van der Waals surface area contributed by atoms with Gasteiger partial charge in [0.2, 0.25) is 0 Å². The third-order valence-electron chi connectivity index (χ3n) is 8.30. The molecule has 3 rings (SSSR count). The molecule has 0 amide bonds. The molecule has 0 aliphatic heterocycles. The van der Waals surface area contributed by atoms with Crippen LogP contribution in [0.25, 0.3) is 0 Å². The lowest BCUT2D eigenvalue weighted by molar-refractivity contribution is 0.188. The number of aryl methyl sites for hydroxylation is 1. The predicted octanol–water partition coefficient (Wildman–Crippen LogP) is 8.83. The Kier molecular flexibility index (Phi) is 9.77. The molecule has 1 nitrogen and oxygen atoms in total. The van der Waals surface area contributed by atoms with E-state index in [2.05, 4.69) is 44.2 Å². The van der Waals surface area contributed by atoms with E-state index in [0.29, 0.717) is 11.8 Å². The quantitative estimate of drug-likeness (QED) is 0.380. The van der Waals surface area contributed by atoms with E-state index in [4.69, 9.17) is 0 Å². The number of hydrogen-bond donors (Lipinski definition) is 0. The lowest BCUT2D eigenvalue weighted by Crippen LogP contribution is -2.24. The van der Waals surface area contributed by atoms with Crippen molar-refractivity contribution >= 4 is 0 Å². The second-order valence-electron chi connectivity index (χ2n) is 10.5. The van der Waals surface area contributed by atoms with Gasteiger partial charge in [-0.05, 0) is 92.6 Å². The van der Waals surface area contributed by atoms with Gasteiger partial charge in [0.25, 0.3) is 0 Å². The van der Waals surface area contributed by atoms with E-state index in [1.165, 1.54) is 102 Å². The number of nitriles is 1. The molecule has 1 atom stereocenters. The Bertz CT molecular complexity index is 623. The summed E-state index contributed by atoms with van der Waals surface area (Å²) in [5, 5.41) is 9.88. The largest absolute Gasteiger partial charge is 0.198 e. The van der Waals surface area contributed by atoms with Gasteiger partial charge in [-0.3, -0.25) is 0 Å². The van der Waals surface area contributed by atoms with E-state index in [1.807, 2.05) is 0 Å². The van der Waals surface area contributed by atoms with Crippen LogP contribution >= 0.6 is 0 Å². The van der Waals surface area contributed by atoms with Crippen LogP contribution in [0.5, 0.6) is 0 Å². The maximum Gasteiger partial charge on any atom is 0.0658 e. The minimum Gasteiger partial charge on any atom is -0.198 e.